The number of anilines is 1. The summed E-state index contributed by atoms with van der Waals surface area (Å²) in [4.78, 5) is 33.1. The Morgan fingerprint density at radius 2 is 1.61 bits per heavy atom. The number of amides is 2. The molecule has 0 aliphatic heterocycles. The van der Waals surface area contributed by atoms with Crippen LogP contribution in [0.5, 0.6) is 0 Å². The van der Waals surface area contributed by atoms with Gasteiger partial charge in [0, 0.05) is 41.6 Å². The third-order valence-corrected chi connectivity index (χ3v) is 4.85. The second-order valence-corrected chi connectivity index (χ2v) is 7.02. The van der Waals surface area contributed by atoms with E-state index in [9.17, 15) is 9.59 Å². The molecule has 31 heavy (non-hydrogen) atoms. The normalized spacial score (nSPS) is 11.6. The van der Waals surface area contributed by atoms with Gasteiger partial charge in [-0.1, -0.05) is 36.4 Å². The molecule has 0 aliphatic rings. The maximum Gasteiger partial charge on any atom is 0.269 e. The molecule has 2 amide bonds. The average molecular weight is 411 g/mol. The molecule has 7 nitrogen and oxygen atoms in total. The molecule has 1 unspecified atom stereocenters. The summed E-state index contributed by atoms with van der Waals surface area (Å²) in [5.41, 5.74) is 9.32. The molecule has 2 heterocycles. The molecule has 0 aliphatic carbocycles. The third-order valence-electron chi connectivity index (χ3n) is 4.85. The van der Waals surface area contributed by atoms with Crippen molar-refractivity contribution in [1.29, 1.82) is 0 Å². The molecule has 4 aromatic rings. The van der Waals surface area contributed by atoms with Gasteiger partial charge in [0.25, 0.3) is 11.8 Å². The predicted octanol–water partition coefficient (Wildman–Crippen LogP) is 3.31. The van der Waals surface area contributed by atoms with E-state index in [-0.39, 0.29) is 18.4 Å². The number of carbonyl (C=O) groups is 2. The van der Waals surface area contributed by atoms with Gasteiger partial charge in [-0.25, -0.2) is 4.98 Å². The van der Waals surface area contributed by atoms with Crippen molar-refractivity contribution in [2.45, 2.75) is 6.04 Å². The molecule has 154 valence electrons. The summed E-state index contributed by atoms with van der Waals surface area (Å²) in [5.74, 6) is -0.503. The van der Waals surface area contributed by atoms with E-state index in [1.54, 1.807) is 54.9 Å². The van der Waals surface area contributed by atoms with E-state index in [0.29, 0.717) is 16.9 Å². The van der Waals surface area contributed by atoms with Crippen molar-refractivity contribution in [2.75, 3.05) is 11.9 Å². The number of nitrogens with one attached hydrogen (secondary N) is 2. The van der Waals surface area contributed by atoms with E-state index < -0.39 is 6.04 Å². The highest BCUT2D eigenvalue weighted by molar-refractivity contribution is 6.04. The predicted molar refractivity (Wildman–Crippen MR) is 120 cm³/mol. The van der Waals surface area contributed by atoms with Gasteiger partial charge in [0.05, 0.1) is 5.52 Å². The summed E-state index contributed by atoms with van der Waals surface area (Å²) in [7, 11) is 0. The first-order chi connectivity index (χ1) is 15.1. The minimum absolute atomic E-state index is 0.220. The average Bonchev–Trinajstić information content (AvgIpc) is 2.82. The topological polar surface area (TPSA) is 110 Å². The van der Waals surface area contributed by atoms with Crippen LogP contribution in [0.1, 0.15) is 32.5 Å². The van der Waals surface area contributed by atoms with Crippen LogP contribution in [-0.2, 0) is 0 Å². The largest absolute Gasteiger partial charge is 0.349 e. The molecule has 4 N–H and O–H groups in total. The van der Waals surface area contributed by atoms with Gasteiger partial charge in [0.2, 0.25) is 0 Å². The van der Waals surface area contributed by atoms with E-state index in [0.717, 1.165) is 16.5 Å². The Morgan fingerprint density at radius 1 is 0.871 bits per heavy atom. The molecular weight excluding hydrogens is 390 g/mol. The fourth-order valence-electron chi connectivity index (χ4n) is 3.12. The van der Waals surface area contributed by atoms with Crippen LogP contribution in [0.15, 0.2) is 85.2 Å². The van der Waals surface area contributed by atoms with E-state index in [4.69, 9.17) is 5.73 Å². The van der Waals surface area contributed by atoms with Crippen molar-refractivity contribution < 1.29 is 9.59 Å². The number of pyridine rings is 2. The van der Waals surface area contributed by atoms with Crippen LogP contribution in [0.4, 0.5) is 5.69 Å². The molecule has 0 saturated carbocycles. The van der Waals surface area contributed by atoms with E-state index >= 15 is 0 Å². The van der Waals surface area contributed by atoms with Crippen LogP contribution < -0.4 is 16.4 Å². The summed E-state index contributed by atoms with van der Waals surface area (Å²) >= 11 is 0. The highest BCUT2D eigenvalue weighted by atomic mass is 16.2. The van der Waals surface area contributed by atoms with E-state index in [2.05, 4.69) is 20.6 Å². The zero-order valence-corrected chi connectivity index (χ0v) is 16.7. The summed E-state index contributed by atoms with van der Waals surface area (Å²) in [6, 6.07) is 21.2. The van der Waals surface area contributed by atoms with Crippen molar-refractivity contribution in [3.05, 3.63) is 102 Å². The lowest BCUT2D eigenvalue weighted by Gasteiger charge is -2.14. The first kappa shape index (κ1) is 20.2. The minimum atomic E-state index is -0.415. The molecule has 0 spiro atoms. The molecular formula is C24H21N5O2. The number of fused-ring (bicyclic) bond motifs is 1. The number of nitrogens with zero attached hydrogens (tertiary/aromatic N) is 2. The second kappa shape index (κ2) is 9.15. The minimum Gasteiger partial charge on any atom is -0.349 e. The van der Waals surface area contributed by atoms with Crippen molar-refractivity contribution in [2.24, 2.45) is 5.73 Å². The number of nitrogens with two attached hydrogens (primary N) is 1. The third kappa shape index (κ3) is 4.91. The summed E-state index contributed by atoms with van der Waals surface area (Å²) in [5, 5.41) is 6.60. The second-order valence-electron chi connectivity index (χ2n) is 7.02. The van der Waals surface area contributed by atoms with Crippen LogP contribution in [0, 0.1) is 0 Å². The molecule has 2 aromatic carbocycles. The SMILES string of the molecule is NC(CNC(=O)c1ccc2ccccc2n1)c1ccc(C(=O)Nc2ccncc2)cc1. The summed E-state index contributed by atoms with van der Waals surface area (Å²) < 4.78 is 0. The lowest BCUT2D eigenvalue weighted by atomic mass is 10.0. The zero-order valence-electron chi connectivity index (χ0n) is 16.7. The van der Waals surface area contributed by atoms with Gasteiger partial charge in [-0.3, -0.25) is 14.6 Å². The Bertz CT molecular complexity index is 1210. The molecule has 4 rings (SSSR count). The van der Waals surface area contributed by atoms with Crippen LogP contribution >= 0.6 is 0 Å². The van der Waals surface area contributed by atoms with Gasteiger partial charge < -0.3 is 16.4 Å². The highest BCUT2D eigenvalue weighted by Crippen LogP contribution is 2.14. The Balaban J connectivity index is 1.35. The molecule has 0 radical (unpaired) electrons. The fraction of sp³-hybridized carbons (Fsp3) is 0.0833. The zero-order chi connectivity index (χ0) is 21.6. The van der Waals surface area contributed by atoms with Gasteiger partial charge in [-0.2, -0.15) is 0 Å². The first-order valence-corrected chi connectivity index (χ1v) is 9.81. The fourth-order valence-corrected chi connectivity index (χ4v) is 3.12. The van der Waals surface area contributed by atoms with Gasteiger partial charge in [-0.05, 0) is 42.0 Å². The molecule has 2 aromatic heterocycles. The number of para-hydroxylation sites is 1. The lowest BCUT2D eigenvalue weighted by molar-refractivity contribution is 0.0946. The molecule has 0 saturated heterocycles. The molecule has 1 atom stereocenters. The number of aromatic nitrogens is 2. The molecule has 0 fully saturated rings. The van der Waals surface area contributed by atoms with E-state index in [1.165, 1.54) is 0 Å². The van der Waals surface area contributed by atoms with Crippen LogP contribution in [-0.4, -0.2) is 28.3 Å². The number of hydrogen-bond acceptors (Lipinski definition) is 5. The quantitative estimate of drug-likeness (QED) is 0.451. The van der Waals surface area contributed by atoms with Crippen molar-refractivity contribution in [3.63, 3.8) is 0 Å². The van der Waals surface area contributed by atoms with Gasteiger partial charge in [0.15, 0.2) is 0 Å². The van der Waals surface area contributed by atoms with E-state index in [1.807, 2.05) is 30.3 Å². The molecule has 0 bridgehead atoms. The van der Waals surface area contributed by atoms with Crippen LogP contribution in [0.3, 0.4) is 0 Å². The van der Waals surface area contributed by atoms with Crippen LogP contribution in [0.2, 0.25) is 0 Å². The first-order valence-electron chi connectivity index (χ1n) is 9.81. The van der Waals surface area contributed by atoms with Crippen LogP contribution in [0.25, 0.3) is 10.9 Å². The smallest absolute Gasteiger partial charge is 0.269 e. The molecule has 7 heteroatoms. The maximum atomic E-state index is 12.5. The standard InChI is InChI=1S/C24H21N5O2/c25-20(15-27-24(31)22-10-9-17-3-1-2-4-21(17)29-22)16-5-7-18(8-6-16)23(30)28-19-11-13-26-14-12-19/h1-14,20H,15,25H2,(H,27,31)(H,26,28,30). The lowest BCUT2D eigenvalue weighted by Crippen LogP contribution is -2.32. The summed E-state index contributed by atoms with van der Waals surface area (Å²) in [6.07, 6.45) is 3.22. The monoisotopic (exact) mass is 411 g/mol. The number of carbonyl (C=O) groups excluding carboxylic acids is 2. The Kier molecular flexibility index (Phi) is 5.96. The maximum absolute atomic E-state index is 12.5. The Labute approximate surface area is 179 Å². The van der Waals surface area contributed by atoms with Crippen molar-refractivity contribution in [1.82, 2.24) is 15.3 Å². The van der Waals surface area contributed by atoms with Gasteiger partial charge in [-0.15, -0.1) is 0 Å². The number of rotatable bonds is 6. The Hall–Kier alpha value is -4.10. The van der Waals surface area contributed by atoms with Crippen molar-refractivity contribution in [3.8, 4) is 0 Å². The van der Waals surface area contributed by atoms with Gasteiger partial charge >= 0.3 is 0 Å². The highest BCUT2D eigenvalue weighted by Gasteiger charge is 2.13. The van der Waals surface area contributed by atoms with Crippen molar-refractivity contribution >= 4 is 28.4 Å². The number of hydrogen-bond donors (Lipinski definition) is 3. The Morgan fingerprint density at radius 3 is 2.39 bits per heavy atom. The van der Waals surface area contributed by atoms with Gasteiger partial charge in [0.1, 0.15) is 5.69 Å². The number of benzene rings is 2. The summed E-state index contributed by atoms with van der Waals surface area (Å²) in [6.45, 7) is 0.246.